The minimum atomic E-state index is 0.233. The van der Waals surface area contributed by atoms with Crippen LogP contribution in [0.3, 0.4) is 0 Å². The van der Waals surface area contributed by atoms with E-state index in [-0.39, 0.29) is 5.75 Å². The number of phenols is 1. The molecule has 0 unspecified atom stereocenters. The summed E-state index contributed by atoms with van der Waals surface area (Å²) in [7, 11) is 0. The number of hydrogen-bond donors (Lipinski definition) is 3. The van der Waals surface area contributed by atoms with E-state index in [1.54, 1.807) is 24.4 Å². The maximum absolute atomic E-state index is 9.81. The molecule has 3 rings (SSSR count). The summed E-state index contributed by atoms with van der Waals surface area (Å²) in [6.45, 7) is 0.499. The van der Waals surface area contributed by atoms with Gasteiger partial charge in [-0.3, -0.25) is 5.10 Å². The molecule has 0 saturated heterocycles. The van der Waals surface area contributed by atoms with E-state index in [0.717, 1.165) is 22.5 Å². The Morgan fingerprint density at radius 1 is 1.14 bits per heavy atom. The Morgan fingerprint density at radius 2 is 2.05 bits per heavy atom. The van der Waals surface area contributed by atoms with E-state index >= 15 is 0 Å². The topological polar surface area (TPSA) is 60.9 Å². The van der Waals surface area contributed by atoms with Crippen molar-refractivity contribution < 1.29 is 5.11 Å². The lowest BCUT2D eigenvalue weighted by Crippen LogP contribution is -1.99. The number of aromatic amines is 1. The van der Waals surface area contributed by atoms with Gasteiger partial charge in [0.1, 0.15) is 5.75 Å². The number of halogens is 1. The van der Waals surface area contributed by atoms with Gasteiger partial charge in [0.2, 0.25) is 0 Å². The van der Waals surface area contributed by atoms with Gasteiger partial charge in [0.25, 0.3) is 0 Å². The van der Waals surface area contributed by atoms with Crippen LogP contribution < -0.4 is 5.32 Å². The highest BCUT2D eigenvalue weighted by atomic mass is 35.5. The second-order valence-corrected chi connectivity index (χ2v) is 5.11. The lowest BCUT2D eigenvalue weighted by molar-refractivity contribution is 0.469. The van der Waals surface area contributed by atoms with E-state index in [1.807, 2.05) is 30.3 Å². The minimum Gasteiger partial charge on any atom is -0.508 e. The number of phenolic OH excluding ortho intramolecular Hbond substituents is 1. The zero-order chi connectivity index (χ0) is 14.7. The molecule has 3 N–H and O–H groups in total. The van der Waals surface area contributed by atoms with E-state index < -0.39 is 0 Å². The fourth-order valence-electron chi connectivity index (χ4n) is 2.11. The number of benzene rings is 2. The first-order valence-electron chi connectivity index (χ1n) is 6.53. The number of aromatic hydroxyl groups is 1. The van der Waals surface area contributed by atoms with Crippen LogP contribution in [-0.2, 0) is 6.54 Å². The van der Waals surface area contributed by atoms with Crippen molar-refractivity contribution in [1.82, 2.24) is 10.2 Å². The molecule has 2 aromatic carbocycles. The van der Waals surface area contributed by atoms with Gasteiger partial charge < -0.3 is 10.4 Å². The third-order valence-electron chi connectivity index (χ3n) is 3.20. The Balaban J connectivity index is 1.76. The molecule has 1 heterocycles. The first-order chi connectivity index (χ1) is 10.2. The van der Waals surface area contributed by atoms with Crippen LogP contribution in [0, 0.1) is 0 Å². The monoisotopic (exact) mass is 299 g/mol. The third-order valence-corrected chi connectivity index (χ3v) is 3.43. The number of hydrogen-bond acceptors (Lipinski definition) is 3. The molecule has 0 bridgehead atoms. The van der Waals surface area contributed by atoms with Gasteiger partial charge in [0.05, 0.1) is 5.69 Å². The lowest BCUT2D eigenvalue weighted by Gasteiger charge is -2.09. The predicted molar refractivity (Wildman–Crippen MR) is 84.5 cm³/mol. The maximum atomic E-state index is 9.81. The van der Waals surface area contributed by atoms with Crippen LogP contribution in [0.25, 0.3) is 11.3 Å². The molecular weight excluding hydrogens is 286 g/mol. The summed E-state index contributed by atoms with van der Waals surface area (Å²) in [4.78, 5) is 0. The summed E-state index contributed by atoms with van der Waals surface area (Å²) >= 11 is 5.94. The van der Waals surface area contributed by atoms with E-state index in [0.29, 0.717) is 11.6 Å². The number of H-pyrrole nitrogens is 1. The molecule has 21 heavy (non-hydrogen) atoms. The number of aromatic nitrogens is 2. The highest BCUT2D eigenvalue weighted by Gasteiger charge is 2.04. The van der Waals surface area contributed by atoms with Crippen molar-refractivity contribution in [2.45, 2.75) is 6.54 Å². The maximum Gasteiger partial charge on any atom is 0.120 e. The van der Waals surface area contributed by atoms with E-state index in [1.165, 1.54) is 0 Å². The van der Waals surface area contributed by atoms with Gasteiger partial charge in [0.15, 0.2) is 0 Å². The normalized spacial score (nSPS) is 10.5. The number of nitrogens with zero attached hydrogens (tertiary/aromatic N) is 1. The minimum absolute atomic E-state index is 0.233. The SMILES string of the molecule is Oc1ccc(Cl)cc1CNc1cccc(-c2ccn[nH]2)c1. The fourth-order valence-corrected chi connectivity index (χ4v) is 2.30. The third kappa shape index (κ3) is 3.17. The van der Waals surface area contributed by atoms with Crippen LogP contribution in [0.5, 0.6) is 5.75 Å². The highest BCUT2D eigenvalue weighted by molar-refractivity contribution is 6.30. The largest absolute Gasteiger partial charge is 0.508 e. The summed E-state index contributed by atoms with van der Waals surface area (Å²) in [5.41, 5.74) is 3.73. The zero-order valence-electron chi connectivity index (χ0n) is 11.2. The van der Waals surface area contributed by atoms with Gasteiger partial charge in [-0.1, -0.05) is 23.7 Å². The van der Waals surface area contributed by atoms with E-state index in [2.05, 4.69) is 15.5 Å². The molecular formula is C16H14ClN3O. The van der Waals surface area contributed by atoms with Crippen molar-refractivity contribution in [2.24, 2.45) is 0 Å². The molecule has 3 aromatic rings. The Bertz CT molecular complexity index is 741. The number of nitrogens with one attached hydrogen (secondary N) is 2. The van der Waals surface area contributed by atoms with E-state index in [4.69, 9.17) is 11.6 Å². The van der Waals surface area contributed by atoms with Crippen LogP contribution in [0.1, 0.15) is 5.56 Å². The van der Waals surface area contributed by atoms with E-state index in [9.17, 15) is 5.11 Å². The number of rotatable bonds is 4. The van der Waals surface area contributed by atoms with Gasteiger partial charge in [-0.2, -0.15) is 5.10 Å². The van der Waals surface area contributed by atoms with Crippen molar-refractivity contribution in [3.8, 4) is 17.0 Å². The summed E-state index contributed by atoms with van der Waals surface area (Å²) in [6.07, 6.45) is 1.72. The molecule has 0 aliphatic heterocycles. The second-order valence-electron chi connectivity index (χ2n) is 4.68. The number of anilines is 1. The predicted octanol–water partition coefficient (Wildman–Crippen LogP) is 4.05. The van der Waals surface area contributed by atoms with Gasteiger partial charge in [-0.05, 0) is 36.4 Å². The molecule has 0 aliphatic carbocycles. The molecule has 5 heteroatoms. The Morgan fingerprint density at radius 3 is 2.86 bits per heavy atom. The van der Waals surface area contributed by atoms with Crippen molar-refractivity contribution in [1.29, 1.82) is 0 Å². The van der Waals surface area contributed by atoms with Crippen LogP contribution in [-0.4, -0.2) is 15.3 Å². The lowest BCUT2D eigenvalue weighted by atomic mass is 10.1. The van der Waals surface area contributed by atoms with Crippen LogP contribution >= 0.6 is 11.6 Å². The average Bonchev–Trinajstić information content (AvgIpc) is 3.03. The average molecular weight is 300 g/mol. The summed E-state index contributed by atoms with van der Waals surface area (Å²) in [5.74, 6) is 0.233. The Kier molecular flexibility index (Phi) is 3.79. The van der Waals surface area contributed by atoms with Gasteiger partial charge >= 0.3 is 0 Å². The van der Waals surface area contributed by atoms with Crippen molar-refractivity contribution in [2.75, 3.05) is 5.32 Å². The summed E-state index contributed by atoms with van der Waals surface area (Å²) in [5, 5.41) is 20.6. The molecule has 0 fully saturated rings. The summed E-state index contributed by atoms with van der Waals surface area (Å²) < 4.78 is 0. The molecule has 4 nitrogen and oxygen atoms in total. The highest BCUT2D eigenvalue weighted by Crippen LogP contribution is 2.24. The van der Waals surface area contributed by atoms with Crippen LogP contribution in [0.2, 0.25) is 5.02 Å². The zero-order valence-corrected chi connectivity index (χ0v) is 11.9. The second kappa shape index (κ2) is 5.89. The molecule has 0 radical (unpaired) electrons. The van der Waals surface area contributed by atoms with Crippen LogP contribution in [0.15, 0.2) is 54.7 Å². The quantitative estimate of drug-likeness (QED) is 0.681. The van der Waals surface area contributed by atoms with Crippen molar-refractivity contribution >= 4 is 17.3 Å². The molecule has 1 aromatic heterocycles. The molecule has 0 atom stereocenters. The molecule has 0 aliphatic rings. The van der Waals surface area contributed by atoms with Crippen LogP contribution in [0.4, 0.5) is 5.69 Å². The van der Waals surface area contributed by atoms with Gasteiger partial charge in [0, 0.05) is 34.6 Å². The smallest absolute Gasteiger partial charge is 0.120 e. The molecule has 0 amide bonds. The Hall–Kier alpha value is -2.46. The Labute approximate surface area is 127 Å². The molecule has 106 valence electrons. The van der Waals surface area contributed by atoms with Gasteiger partial charge in [-0.15, -0.1) is 0 Å². The first kappa shape index (κ1) is 13.5. The molecule has 0 spiro atoms. The molecule has 0 saturated carbocycles. The van der Waals surface area contributed by atoms with Crippen molar-refractivity contribution in [3.05, 3.63) is 65.3 Å². The standard InChI is InChI=1S/C16H14ClN3O/c17-13-4-5-16(21)12(8-13)10-18-14-3-1-2-11(9-14)15-6-7-19-20-15/h1-9,18,21H,10H2,(H,19,20). The fraction of sp³-hybridized carbons (Fsp3) is 0.0625. The van der Waals surface area contributed by atoms with Crippen molar-refractivity contribution in [3.63, 3.8) is 0 Å². The first-order valence-corrected chi connectivity index (χ1v) is 6.91. The van der Waals surface area contributed by atoms with Gasteiger partial charge in [-0.25, -0.2) is 0 Å². The summed E-state index contributed by atoms with van der Waals surface area (Å²) in [6, 6.07) is 14.9.